The number of hydrogen-bond donors (Lipinski definition) is 0. The molecule has 112 valence electrons. The minimum atomic E-state index is 0.146. The Kier molecular flexibility index (Phi) is 2.64. The highest BCUT2D eigenvalue weighted by molar-refractivity contribution is 7.10. The zero-order chi connectivity index (χ0) is 15.4. The van der Waals surface area contributed by atoms with Crippen molar-refractivity contribution in [3.05, 3.63) is 70.9 Å². The summed E-state index contributed by atoms with van der Waals surface area (Å²) in [6.45, 7) is 0. The summed E-state index contributed by atoms with van der Waals surface area (Å²) >= 11 is 1.79. The van der Waals surface area contributed by atoms with E-state index in [-0.39, 0.29) is 6.17 Å². The fourth-order valence-electron chi connectivity index (χ4n) is 3.51. The Labute approximate surface area is 138 Å². The molecule has 0 amide bonds. The van der Waals surface area contributed by atoms with Crippen molar-refractivity contribution in [2.24, 2.45) is 0 Å². The Morgan fingerprint density at radius 1 is 0.957 bits per heavy atom. The first kappa shape index (κ1) is 12.9. The van der Waals surface area contributed by atoms with Crippen LogP contribution in [0, 0.1) is 0 Å². The summed E-state index contributed by atoms with van der Waals surface area (Å²) < 4.78 is 2.36. The van der Waals surface area contributed by atoms with Crippen LogP contribution in [-0.2, 0) is 0 Å². The van der Waals surface area contributed by atoms with Crippen molar-refractivity contribution in [2.75, 3.05) is 11.9 Å². The average Bonchev–Trinajstić information content (AvgIpc) is 3.24. The molecule has 0 bridgehead atoms. The molecule has 4 heteroatoms. The van der Waals surface area contributed by atoms with Crippen molar-refractivity contribution in [3.8, 4) is 11.4 Å². The van der Waals surface area contributed by atoms with Crippen molar-refractivity contribution < 1.29 is 0 Å². The highest BCUT2D eigenvalue weighted by atomic mass is 32.1. The van der Waals surface area contributed by atoms with E-state index >= 15 is 0 Å². The molecule has 0 spiro atoms. The number of fused-ring (bicyclic) bond motifs is 5. The molecule has 1 aliphatic heterocycles. The van der Waals surface area contributed by atoms with Gasteiger partial charge in [0, 0.05) is 23.2 Å². The molecule has 0 N–H and O–H groups in total. The van der Waals surface area contributed by atoms with Gasteiger partial charge in [0.15, 0.2) is 0 Å². The second-order valence-electron chi connectivity index (χ2n) is 5.81. The second-order valence-corrected chi connectivity index (χ2v) is 6.79. The smallest absolute Gasteiger partial charge is 0.145 e. The zero-order valence-corrected chi connectivity index (χ0v) is 13.5. The lowest BCUT2D eigenvalue weighted by atomic mass is 10.1. The van der Waals surface area contributed by atoms with Gasteiger partial charge in [0.1, 0.15) is 12.0 Å². The third-order valence-electron chi connectivity index (χ3n) is 4.53. The van der Waals surface area contributed by atoms with Gasteiger partial charge in [0.2, 0.25) is 0 Å². The number of aromatic nitrogens is 2. The maximum absolute atomic E-state index is 4.93. The minimum absolute atomic E-state index is 0.146. The lowest BCUT2D eigenvalue weighted by Crippen LogP contribution is -2.33. The number of imidazole rings is 1. The summed E-state index contributed by atoms with van der Waals surface area (Å²) in [6.07, 6.45) is 0.146. The SMILES string of the molecule is CN1c2ccccc2-c2nc3ccccc3n2[C@H]1c1cccs1. The molecule has 0 saturated carbocycles. The molecule has 0 unspecified atom stereocenters. The van der Waals surface area contributed by atoms with Crippen LogP contribution in [0.15, 0.2) is 66.0 Å². The van der Waals surface area contributed by atoms with Crippen LogP contribution in [0.4, 0.5) is 5.69 Å². The summed E-state index contributed by atoms with van der Waals surface area (Å²) in [6, 6.07) is 21.2. The Morgan fingerprint density at radius 2 is 1.78 bits per heavy atom. The molecule has 0 saturated heterocycles. The van der Waals surface area contributed by atoms with Gasteiger partial charge in [-0.25, -0.2) is 4.98 Å². The van der Waals surface area contributed by atoms with Crippen LogP contribution >= 0.6 is 11.3 Å². The largest absolute Gasteiger partial charge is 0.349 e. The monoisotopic (exact) mass is 317 g/mol. The number of para-hydroxylation sites is 3. The van der Waals surface area contributed by atoms with Gasteiger partial charge in [0.05, 0.1) is 11.0 Å². The van der Waals surface area contributed by atoms with E-state index in [1.54, 1.807) is 11.3 Å². The quantitative estimate of drug-likeness (QED) is 0.504. The van der Waals surface area contributed by atoms with Crippen LogP contribution in [0.1, 0.15) is 11.0 Å². The van der Waals surface area contributed by atoms with E-state index in [1.807, 2.05) is 0 Å². The fraction of sp³-hybridized carbons (Fsp3) is 0.105. The van der Waals surface area contributed by atoms with Crippen molar-refractivity contribution in [1.82, 2.24) is 9.55 Å². The van der Waals surface area contributed by atoms with Crippen molar-refractivity contribution in [2.45, 2.75) is 6.17 Å². The first-order valence-electron chi connectivity index (χ1n) is 7.67. The van der Waals surface area contributed by atoms with Crippen molar-refractivity contribution in [3.63, 3.8) is 0 Å². The normalized spacial score (nSPS) is 16.4. The lowest BCUT2D eigenvalue weighted by molar-refractivity contribution is 0.591. The van der Waals surface area contributed by atoms with Crippen LogP contribution < -0.4 is 4.90 Å². The molecule has 2 aromatic heterocycles. The van der Waals surface area contributed by atoms with Crippen LogP contribution in [0.5, 0.6) is 0 Å². The van der Waals surface area contributed by atoms with Crippen LogP contribution in [-0.4, -0.2) is 16.6 Å². The molecule has 3 nitrogen and oxygen atoms in total. The van der Waals surface area contributed by atoms with E-state index in [0.29, 0.717) is 0 Å². The van der Waals surface area contributed by atoms with Crippen LogP contribution in [0.2, 0.25) is 0 Å². The predicted molar refractivity (Wildman–Crippen MR) is 96.0 cm³/mol. The van der Waals surface area contributed by atoms with E-state index in [2.05, 4.69) is 82.6 Å². The molecule has 4 aromatic rings. The fourth-order valence-corrected chi connectivity index (χ4v) is 4.37. The van der Waals surface area contributed by atoms with Gasteiger partial charge >= 0.3 is 0 Å². The molecule has 2 aromatic carbocycles. The Hall–Kier alpha value is -2.59. The molecule has 1 aliphatic rings. The maximum Gasteiger partial charge on any atom is 0.145 e. The summed E-state index contributed by atoms with van der Waals surface area (Å²) in [5, 5.41) is 2.14. The maximum atomic E-state index is 4.93. The molecule has 1 atom stereocenters. The predicted octanol–water partition coefficient (Wildman–Crippen LogP) is 4.76. The van der Waals surface area contributed by atoms with Crippen LogP contribution in [0.3, 0.4) is 0 Å². The van der Waals surface area contributed by atoms with E-state index in [1.165, 1.54) is 21.6 Å². The van der Waals surface area contributed by atoms with Crippen molar-refractivity contribution in [1.29, 1.82) is 0 Å². The molecule has 0 radical (unpaired) electrons. The third kappa shape index (κ3) is 1.72. The Bertz CT molecular complexity index is 1000. The number of nitrogens with zero attached hydrogens (tertiary/aromatic N) is 3. The van der Waals surface area contributed by atoms with Gasteiger partial charge < -0.3 is 4.90 Å². The van der Waals surface area contributed by atoms with Gasteiger partial charge in [-0.3, -0.25) is 4.57 Å². The highest BCUT2D eigenvalue weighted by Gasteiger charge is 2.32. The lowest BCUT2D eigenvalue weighted by Gasteiger charge is -2.37. The van der Waals surface area contributed by atoms with E-state index in [0.717, 1.165) is 11.3 Å². The summed E-state index contributed by atoms with van der Waals surface area (Å²) in [4.78, 5) is 8.60. The molecule has 0 aliphatic carbocycles. The topological polar surface area (TPSA) is 21.1 Å². The van der Waals surface area contributed by atoms with Gasteiger partial charge in [-0.05, 0) is 35.7 Å². The number of benzene rings is 2. The molecule has 0 fully saturated rings. The van der Waals surface area contributed by atoms with E-state index in [9.17, 15) is 0 Å². The summed E-state index contributed by atoms with van der Waals surface area (Å²) in [5.41, 5.74) is 4.66. The van der Waals surface area contributed by atoms with E-state index < -0.39 is 0 Å². The average molecular weight is 317 g/mol. The Morgan fingerprint density at radius 3 is 2.65 bits per heavy atom. The highest BCUT2D eigenvalue weighted by Crippen LogP contribution is 2.44. The first-order chi connectivity index (χ1) is 11.3. The number of hydrogen-bond acceptors (Lipinski definition) is 3. The standard InChI is InChI=1S/C19H15N3S/c1-21-15-9-4-2-7-13(15)18-20-14-8-3-5-10-16(14)22(18)19(21)17-11-6-12-23-17/h2-12,19H,1H3/t19-/m0/s1. The second kappa shape index (κ2) is 4.70. The van der Waals surface area contributed by atoms with Gasteiger partial charge in [-0.2, -0.15) is 0 Å². The molecule has 23 heavy (non-hydrogen) atoms. The first-order valence-corrected chi connectivity index (χ1v) is 8.55. The Balaban J connectivity index is 1.90. The molecular weight excluding hydrogens is 302 g/mol. The van der Waals surface area contributed by atoms with Gasteiger partial charge in [0.25, 0.3) is 0 Å². The van der Waals surface area contributed by atoms with E-state index in [4.69, 9.17) is 4.98 Å². The van der Waals surface area contributed by atoms with Crippen LogP contribution in [0.25, 0.3) is 22.4 Å². The number of rotatable bonds is 1. The number of anilines is 1. The summed E-state index contributed by atoms with van der Waals surface area (Å²) in [7, 11) is 2.17. The summed E-state index contributed by atoms with van der Waals surface area (Å²) in [5.74, 6) is 1.05. The van der Waals surface area contributed by atoms with Crippen molar-refractivity contribution >= 4 is 28.1 Å². The molecule has 3 heterocycles. The minimum Gasteiger partial charge on any atom is -0.349 e. The van der Waals surface area contributed by atoms with Gasteiger partial charge in [-0.15, -0.1) is 11.3 Å². The molecule has 5 rings (SSSR count). The zero-order valence-electron chi connectivity index (χ0n) is 12.7. The third-order valence-corrected chi connectivity index (χ3v) is 5.44. The molecular formula is C19H15N3S. The number of thiophene rings is 1. The van der Waals surface area contributed by atoms with Gasteiger partial charge in [-0.1, -0.05) is 30.3 Å².